The van der Waals surface area contributed by atoms with Crippen LogP contribution in [0.15, 0.2) is 46.9 Å². The van der Waals surface area contributed by atoms with Gasteiger partial charge in [-0.1, -0.05) is 61.0 Å². The predicted octanol–water partition coefficient (Wildman–Crippen LogP) is 5.31. The molecule has 2 aromatic carbocycles. The first-order chi connectivity index (χ1) is 9.75. The number of benzene rings is 2. The van der Waals surface area contributed by atoms with E-state index in [1.165, 1.54) is 17.7 Å². The maximum atomic E-state index is 13.3. The molecule has 0 atom stereocenters. The monoisotopic (exact) mass is 348 g/mol. The summed E-state index contributed by atoms with van der Waals surface area (Å²) >= 11 is 3.24. The molecule has 0 aliphatic carbocycles. The fourth-order valence-corrected chi connectivity index (χ4v) is 2.67. The first kappa shape index (κ1) is 15.9. The first-order valence-electron chi connectivity index (χ1n) is 6.84. The molecule has 0 saturated heterocycles. The highest BCUT2D eigenvalue weighted by molar-refractivity contribution is 9.10. The number of halogens is 2. The Morgan fingerprint density at radius 1 is 1.10 bits per heavy atom. The number of ketones is 1. The molecule has 2 rings (SSSR count). The van der Waals surface area contributed by atoms with E-state index in [4.69, 9.17) is 0 Å². The predicted molar refractivity (Wildman–Crippen MR) is 87.3 cm³/mol. The van der Waals surface area contributed by atoms with Crippen molar-refractivity contribution in [2.45, 2.75) is 32.6 Å². The zero-order valence-electron chi connectivity index (χ0n) is 12.4. The van der Waals surface area contributed by atoms with Gasteiger partial charge in [0.15, 0.2) is 5.78 Å². The minimum atomic E-state index is -0.338. The van der Waals surface area contributed by atoms with Crippen LogP contribution in [0, 0.1) is 5.82 Å². The van der Waals surface area contributed by atoms with E-state index >= 15 is 0 Å². The lowest BCUT2D eigenvalue weighted by Gasteiger charge is -2.19. The number of rotatable bonds is 3. The highest BCUT2D eigenvalue weighted by Crippen LogP contribution is 2.23. The van der Waals surface area contributed by atoms with Gasteiger partial charge < -0.3 is 0 Å². The van der Waals surface area contributed by atoms with Gasteiger partial charge in [-0.05, 0) is 34.7 Å². The summed E-state index contributed by atoms with van der Waals surface area (Å²) in [6, 6.07) is 12.2. The van der Waals surface area contributed by atoms with E-state index in [1.54, 1.807) is 6.07 Å². The Morgan fingerprint density at radius 3 is 2.24 bits per heavy atom. The van der Waals surface area contributed by atoms with Gasteiger partial charge in [-0.3, -0.25) is 4.79 Å². The van der Waals surface area contributed by atoms with Crippen LogP contribution in [-0.2, 0) is 11.8 Å². The Bertz CT molecular complexity index is 634. The zero-order chi connectivity index (χ0) is 15.6. The highest BCUT2D eigenvalue weighted by atomic mass is 79.9. The van der Waals surface area contributed by atoms with Crippen molar-refractivity contribution >= 4 is 21.7 Å². The summed E-state index contributed by atoms with van der Waals surface area (Å²) < 4.78 is 14.0. The smallest absolute Gasteiger partial charge is 0.167 e. The second-order valence-electron chi connectivity index (χ2n) is 6.21. The standard InChI is InChI=1S/C18H18BrFO/c1-18(2,3)14-6-4-13(5-7-14)17(21)10-12-8-15(19)11-16(20)9-12/h4-9,11H,10H2,1-3H3. The van der Waals surface area contributed by atoms with Crippen molar-refractivity contribution in [3.05, 3.63) is 69.4 Å². The van der Waals surface area contributed by atoms with Crippen molar-refractivity contribution in [1.29, 1.82) is 0 Å². The van der Waals surface area contributed by atoms with Gasteiger partial charge >= 0.3 is 0 Å². The summed E-state index contributed by atoms with van der Waals surface area (Å²) in [5, 5.41) is 0. The van der Waals surface area contributed by atoms with Gasteiger partial charge in [-0.25, -0.2) is 4.39 Å². The molecule has 0 saturated carbocycles. The molecule has 2 aromatic rings. The number of carbonyl (C=O) groups excluding carboxylic acids is 1. The third kappa shape index (κ3) is 4.24. The zero-order valence-corrected chi connectivity index (χ0v) is 14.0. The fraction of sp³-hybridized carbons (Fsp3) is 0.278. The minimum absolute atomic E-state index is 0.00652. The largest absolute Gasteiger partial charge is 0.294 e. The van der Waals surface area contributed by atoms with Crippen molar-refractivity contribution in [2.24, 2.45) is 0 Å². The summed E-state index contributed by atoms with van der Waals surface area (Å²) in [4.78, 5) is 12.3. The number of Topliss-reactive ketones (excluding diaryl/α,β-unsaturated/α-hetero) is 1. The number of carbonyl (C=O) groups is 1. The molecule has 0 aliphatic heterocycles. The van der Waals surface area contributed by atoms with Crippen LogP contribution in [0.3, 0.4) is 0 Å². The second-order valence-corrected chi connectivity index (χ2v) is 7.12. The third-order valence-corrected chi connectivity index (χ3v) is 3.82. The van der Waals surface area contributed by atoms with Crippen LogP contribution in [0.1, 0.15) is 42.3 Å². The molecule has 0 heterocycles. The lowest BCUT2D eigenvalue weighted by Crippen LogP contribution is -2.11. The summed E-state index contributed by atoms with van der Waals surface area (Å²) in [6.07, 6.45) is 0.200. The minimum Gasteiger partial charge on any atom is -0.294 e. The van der Waals surface area contributed by atoms with E-state index in [9.17, 15) is 9.18 Å². The van der Waals surface area contributed by atoms with E-state index in [-0.39, 0.29) is 23.4 Å². The van der Waals surface area contributed by atoms with E-state index in [0.717, 1.165) is 0 Å². The molecule has 0 unspecified atom stereocenters. The van der Waals surface area contributed by atoms with E-state index in [1.807, 2.05) is 24.3 Å². The summed E-state index contributed by atoms with van der Waals surface area (Å²) in [5.41, 5.74) is 2.58. The molecule has 0 aliphatic rings. The van der Waals surface area contributed by atoms with Crippen molar-refractivity contribution in [1.82, 2.24) is 0 Å². The molecule has 0 fully saturated rings. The Labute approximate surface area is 133 Å². The quantitative estimate of drug-likeness (QED) is 0.686. The van der Waals surface area contributed by atoms with Crippen LogP contribution < -0.4 is 0 Å². The fourth-order valence-electron chi connectivity index (χ4n) is 2.16. The molecule has 110 valence electrons. The average Bonchev–Trinajstić information content (AvgIpc) is 2.36. The Kier molecular flexibility index (Phi) is 4.62. The Morgan fingerprint density at radius 2 is 1.71 bits per heavy atom. The molecule has 21 heavy (non-hydrogen) atoms. The summed E-state index contributed by atoms with van der Waals surface area (Å²) in [7, 11) is 0. The Hall–Kier alpha value is -1.48. The van der Waals surface area contributed by atoms with Crippen LogP contribution in [0.2, 0.25) is 0 Å². The van der Waals surface area contributed by atoms with Gasteiger partial charge in [0.2, 0.25) is 0 Å². The van der Waals surface area contributed by atoms with Crippen LogP contribution >= 0.6 is 15.9 Å². The van der Waals surface area contributed by atoms with Gasteiger partial charge in [-0.2, -0.15) is 0 Å². The maximum absolute atomic E-state index is 13.3. The van der Waals surface area contributed by atoms with Crippen molar-refractivity contribution in [3.63, 3.8) is 0 Å². The number of hydrogen-bond donors (Lipinski definition) is 0. The van der Waals surface area contributed by atoms with E-state index < -0.39 is 0 Å². The average molecular weight is 349 g/mol. The lowest BCUT2D eigenvalue weighted by atomic mass is 9.86. The molecular weight excluding hydrogens is 331 g/mol. The summed E-state index contributed by atoms with van der Waals surface area (Å²) in [5.74, 6) is -0.344. The molecule has 0 bridgehead atoms. The molecule has 0 spiro atoms. The van der Waals surface area contributed by atoms with Gasteiger partial charge in [-0.15, -0.1) is 0 Å². The highest BCUT2D eigenvalue weighted by Gasteiger charge is 2.14. The van der Waals surface area contributed by atoms with Crippen LogP contribution in [0.25, 0.3) is 0 Å². The van der Waals surface area contributed by atoms with Gasteiger partial charge in [0.1, 0.15) is 5.82 Å². The maximum Gasteiger partial charge on any atom is 0.167 e. The Balaban J connectivity index is 2.17. The van der Waals surface area contributed by atoms with Crippen molar-refractivity contribution in [2.75, 3.05) is 0 Å². The van der Waals surface area contributed by atoms with Gasteiger partial charge in [0, 0.05) is 16.5 Å². The van der Waals surface area contributed by atoms with Crippen LogP contribution in [0.5, 0.6) is 0 Å². The third-order valence-electron chi connectivity index (χ3n) is 3.36. The molecular formula is C18H18BrFO. The summed E-state index contributed by atoms with van der Waals surface area (Å²) in [6.45, 7) is 6.40. The molecule has 1 nitrogen and oxygen atoms in total. The van der Waals surface area contributed by atoms with E-state index in [0.29, 0.717) is 15.6 Å². The SMILES string of the molecule is CC(C)(C)c1ccc(C(=O)Cc2cc(F)cc(Br)c2)cc1. The molecule has 0 amide bonds. The topological polar surface area (TPSA) is 17.1 Å². The molecule has 0 N–H and O–H groups in total. The van der Waals surface area contributed by atoms with Gasteiger partial charge in [0.25, 0.3) is 0 Å². The van der Waals surface area contributed by atoms with Gasteiger partial charge in [0.05, 0.1) is 0 Å². The first-order valence-corrected chi connectivity index (χ1v) is 7.64. The van der Waals surface area contributed by atoms with Crippen molar-refractivity contribution in [3.8, 4) is 0 Å². The van der Waals surface area contributed by atoms with Crippen LogP contribution in [-0.4, -0.2) is 5.78 Å². The van der Waals surface area contributed by atoms with Crippen LogP contribution in [0.4, 0.5) is 4.39 Å². The lowest BCUT2D eigenvalue weighted by molar-refractivity contribution is 0.0993. The molecule has 0 aromatic heterocycles. The normalized spacial score (nSPS) is 11.5. The van der Waals surface area contributed by atoms with Crippen molar-refractivity contribution < 1.29 is 9.18 Å². The van der Waals surface area contributed by atoms with E-state index in [2.05, 4.69) is 36.7 Å². The molecule has 0 radical (unpaired) electrons. The second kappa shape index (κ2) is 6.10. The molecule has 3 heteroatoms. The number of hydrogen-bond acceptors (Lipinski definition) is 1.